The quantitative estimate of drug-likeness (QED) is 0.452. The fourth-order valence-corrected chi connectivity index (χ4v) is 1.38. The van der Waals surface area contributed by atoms with Gasteiger partial charge in [0, 0.05) is 20.1 Å². The molecule has 0 heterocycles. The monoisotopic (exact) mass is 242 g/mol. The molecule has 0 saturated heterocycles. The van der Waals surface area contributed by atoms with Gasteiger partial charge in [-0.25, -0.2) is 0 Å². The Morgan fingerprint density at radius 2 is 2.19 bits per heavy atom. The summed E-state index contributed by atoms with van der Waals surface area (Å²) in [5.41, 5.74) is 1.00. The maximum atomic E-state index is 11.4. The first-order chi connectivity index (χ1) is 7.63. The molecule has 0 aromatic heterocycles. The van der Waals surface area contributed by atoms with Crippen LogP contribution in [-0.2, 0) is 9.53 Å². The van der Waals surface area contributed by atoms with Gasteiger partial charge in [-0.1, -0.05) is 17.7 Å². The number of hydrogen-bond donors (Lipinski definition) is 0. The lowest BCUT2D eigenvalue weighted by Crippen LogP contribution is -2.09. The van der Waals surface area contributed by atoms with Gasteiger partial charge >= 0.3 is 5.97 Å². The van der Waals surface area contributed by atoms with Gasteiger partial charge < -0.3 is 9.47 Å². The zero-order chi connectivity index (χ0) is 12.0. The first-order valence-electron chi connectivity index (χ1n) is 5.09. The van der Waals surface area contributed by atoms with E-state index in [9.17, 15) is 4.79 Å². The molecule has 0 unspecified atom stereocenters. The molecule has 0 N–H and O–H groups in total. The van der Waals surface area contributed by atoms with Crippen molar-refractivity contribution in [3.8, 4) is 5.75 Å². The summed E-state index contributed by atoms with van der Waals surface area (Å²) >= 11 is 5.90. The SMILES string of the molecule is COCCCC(=O)Oc1cc(C)ccc1Cl. The van der Waals surface area contributed by atoms with E-state index in [0.717, 1.165) is 5.56 Å². The minimum Gasteiger partial charge on any atom is -0.425 e. The van der Waals surface area contributed by atoms with Gasteiger partial charge in [-0.05, 0) is 31.0 Å². The molecule has 0 radical (unpaired) electrons. The van der Waals surface area contributed by atoms with E-state index >= 15 is 0 Å². The van der Waals surface area contributed by atoms with Gasteiger partial charge in [-0.15, -0.1) is 0 Å². The second-order valence-electron chi connectivity index (χ2n) is 3.50. The lowest BCUT2D eigenvalue weighted by molar-refractivity contribution is -0.134. The second kappa shape index (κ2) is 6.51. The fraction of sp³-hybridized carbons (Fsp3) is 0.417. The van der Waals surface area contributed by atoms with E-state index in [1.807, 2.05) is 13.0 Å². The maximum absolute atomic E-state index is 11.4. The Bertz CT molecular complexity index is 363. The first-order valence-corrected chi connectivity index (χ1v) is 5.47. The number of rotatable bonds is 5. The number of halogens is 1. The second-order valence-corrected chi connectivity index (χ2v) is 3.91. The number of benzene rings is 1. The third kappa shape index (κ3) is 4.21. The normalized spacial score (nSPS) is 10.2. The van der Waals surface area contributed by atoms with Crippen molar-refractivity contribution in [3.63, 3.8) is 0 Å². The summed E-state index contributed by atoms with van der Waals surface area (Å²) in [7, 11) is 1.60. The Balaban J connectivity index is 2.52. The molecule has 4 heteroatoms. The van der Waals surface area contributed by atoms with Gasteiger partial charge in [-0.3, -0.25) is 4.79 Å². The molecule has 0 atom stereocenters. The zero-order valence-electron chi connectivity index (χ0n) is 9.46. The molecule has 0 saturated carbocycles. The molecular weight excluding hydrogens is 228 g/mol. The Morgan fingerprint density at radius 3 is 2.88 bits per heavy atom. The van der Waals surface area contributed by atoms with Crippen molar-refractivity contribution in [2.24, 2.45) is 0 Å². The van der Waals surface area contributed by atoms with Gasteiger partial charge in [0.15, 0.2) is 0 Å². The largest absolute Gasteiger partial charge is 0.425 e. The predicted molar refractivity (Wildman–Crippen MR) is 62.9 cm³/mol. The number of ether oxygens (including phenoxy) is 2. The summed E-state index contributed by atoms with van der Waals surface area (Å²) in [6, 6.07) is 5.33. The Morgan fingerprint density at radius 1 is 1.44 bits per heavy atom. The zero-order valence-corrected chi connectivity index (χ0v) is 10.2. The van der Waals surface area contributed by atoms with Crippen LogP contribution in [0.4, 0.5) is 0 Å². The van der Waals surface area contributed by atoms with Gasteiger partial charge in [0.2, 0.25) is 0 Å². The highest BCUT2D eigenvalue weighted by molar-refractivity contribution is 6.32. The molecule has 0 aliphatic carbocycles. The number of esters is 1. The smallest absolute Gasteiger partial charge is 0.311 e. The highest BCUT2D eigenvalue weighted by Crippen LogP contribution is 2.25. The van der Waals surface area contributed by atoms with Crippen molar-refractivity contribution < 1.29 is 14.3 Å². The average molecular weight is 243 g/mol. The van der Waals surface area contributed by atoms with Crippen LogP contribution in [0.2, 0.25) is 5.02 Å². The van der Waals surface area contributed by atoms with E-state index in [1.165, 1.54) is 0 Å². The highest BCUT2D eigenvalue weighted by Gasteiger charge is 2.08. The molecule has 0 fully saturated rings. The number of hydrogen-bond acceptors (Lipinski definition) is 3. The van der Waals surface area contributed by atoms with Gasteiger partial charge in [0.05, 0.1) is 5.02 Å². The lowest BCUT2D eigenvalue weighted by atomic mass is 10.2. The Kier molecular flexibility index (Phi) is 5.29. The van der Waals surface area contributed by atoms with Gasteiger partial charge in [0.25, 0.3) is 0 Å². The molecule has 0 spiro atoms. The van der Waals surface area contributed by atoms with Crippen molar-refractivity contribution in [3.05, 3.63) is 28.8 Å². The molecule has 0 bridgehead atoms. The van der Waals surface area contributed by atoms with Crippen LogP contribution in [0.5, 0.6) is 5.75 Å². The third-order valence-corrected chi connectivity index (χ3v) is 2.35. The molecule has 3 nitrogen and oxygen atoms in total. The average Bonchev–Trinajstić information content (AvgIpc) is 2.24. The van der Waals surface area contributed by atoms with E-state index in [4.69, 9.17) is 21.1 Å². The summed E-state index contributed by atoms with van der Waals surface area (Å²) in [6.45, 7) is 2.47. The molecule has 88 valence electrons. The molecule has 0 amide bonds. The van der Waals surface area contributed by atoms with E-state index in [-0.39, 0.29) is 5.97 Å². The summed E-state index contributed by atoms with van der Waals surface area (Å²) in [5.74, 6) is 0.133. The predicted octanol–water partition coefficient (Wildman–Crippen LogP) is 2.98. The lowest BCUT2D eigenvalue weighted by Gasteiger charge is -2.06. The molecule has 1 aromatic rings. The number of carbonyl (C=O) groups excluding carboxylic acids is 1. The summed E-state index contributed by atoms with van der Waals surface area (Å²) in [5, 5.41) is 0.450. The third-order valence-electron chi connectivity index (χ3n) is 2.04. The van der Waals surface area contributed by atoms with Crippen LogP contribution >= 0.6 is 11.6 Å². The molecular formula is C12H15ClO3. The molecule has 1 rings (SSSR count). The van der Waals surface area contributed by atoms with E-state index in [1.54, 1.807) is 19.2 Å². The molecule has 0 aliphatic heterocycles. The number of carbonyl (C=O) groups is 1. The number of methoxy groups -OCH3 is 1. The minimum absolute atomic E-state index is 0.287. The van der Waals surface area contributed by atoms with E-state index < -0.39 is 0 Å². The van der Waals surface area contributed by atoms with Crippen molar-refractivity contribution in [2.75, 3.05) is 13.7 Å². The Labute approximate surface area is 100 Å². The standard InChI is InChI=1S/C12H15ClO3/c1-9-5-6-10(13)11(8-9)16-12(14)4-3-7-15-2/h5-6,8H,3-4,7H2,1-2H3. The summed E-state index contributed by atoms with van der Waals surface area (Å²) in [6.07, 6.45) is 0.983. The van der Waals surface area contributed by atoms with Crippen LogP contribution < -0.4 is 4.74 Å². The van der Waals surface area contributed by atoms with E-state index in [2.05, 4.69) is 0 Å². The fourth-order valence-electron chi connectivity index (χ4n) is 1.22. The topological polar surface area (TPSA) is 35.5 Å². The van der Waals surface area contributed by atoms with E-state index in [0.29, 0.717) is 30.2 Å². The van der Waals surface area contributed by atoms with Gasteiger partial charge in [0.1, 0.15) is 5.75 Å². The van der Waals surface area contributed by atoms with Crippen LogP contribution in [0.15, 0.2) is 18.2 Å². The van der Waals surface area contributed by atoms with Crippen molar-refractivity contribution in [1.29, 1.82) is 0 Å². The summed E-state index contributed by atoms with van der Waals surface area (Å²) < 4.78 is 10.00. The first kappa shape index (κ1) is 13.0. The molecule has 16 heavy (non-hydrogen) atoms. The van der Waals surface area contributed by atoms with Gasteiger partial charge in [-0.2, -0.15) is 0 Å². The van der Waals surface area contributed by atoms with Crippen LogP contribution in [0.25, 0.3) is 0 Å². The van der Waals surface area contributed by atoms with Crippen molar-refractivity contribution >= 4 is 17.6 Å². The van der Waals surface area contributed by atoms with Crippen LogP contribution in [0, 0.1) is 6.92 Å². The van der Waals surface area contributed by atoms with Crippen LogP contribution in [-0.4, -0.2) is 19.7 Å². The Hall–Kier alpha value is -1.06. The van der Waals surface area contributed by atoms with Crippen molar-refractivity contribution in [2.45, 2.75) is 19.8 Å². The maximum Gasteiger partial charge on any atom is 0.311 e. The van der Waals surface area contributed by atoms with Crippen LogP contribution in [0.1, 0.15) is 18.4 Å². The summed E-state index contributed by atoms with van der Waals surface area (Å²) in [4.78, 5) is 11.4. The minimum atomic E-state index is -0.287. The molecule has 1 aromatic carbocycles. The highest BCUT2D eigenvalue weighted by atomic mass is 35.5. The number of aryl methyl sites for hydroxylation is 1. The molecule has 0 aliphatic rings. The van der Waals surface area contributed by atoms with Crippen LogP contribution in [0.3, 0.4) is 0 Å². The van der Waals surface area contributed by atoms with Crippen molar-refractivity contribution in [1.82, 2.24) is 0 Å².